The Hall–Kier alpha value is -0.610. The lowest BCUT2D eigenvalue weighted by Gasteiger charge is -2.22. The summed E-state index contributed by atoms with van der Waals surface area (Å²) in [5.41, 5.74) is 5.72. The van der Waals surface area contributed by atoms with Crippen LogP contribution in [-0.4, -0.2) is 31.2 Å². The highest BCUT2D eigenvalue weighted by Gasteiger charge is 2.24. The number of amides is 1. The van der Waals surface area contributed by atoms with Crippen LogP contribution in [0.3, 0.4) is 0 Å². The van der Waals surface area contributed by atoms with Crippen molar-refractivity contribution in [1.82, 2.24) is 5.32 Å². The molecule has 1 rings (SSSR count). The predicted octanol–water partition coefficient (Wildman–Crippen LogP) is 1.68. The van der Waals surface area contributed by atoms with Gasteiger partial charge in [-0.25, -0.2) is 0 Å². The van der Waals surface area contributed by atoms with E-state index in [4.69, 9.17) is 10.5 Å². The van der Waals surface area contributed by atoms with E-state index in [1.54, 1.807) is 0 Å². The molecule has 1 heterocycles. The molecule has 1 amide bonds. The Labute approximate surface area is 111 Å². The van der Waals surface area contributed by atoms with Crippen LogP contribution < -0.4 is 11.1 Å². The topological polar surface area (TPSA) is 64.4 Å². The van der Waals surface area contributed by atoms with Crippen LogP contribution in [0.1, 0.15) is 46.5 Å². The summed E-state index contributed by atoms with van der Waals surface area (Å²) >= 11 is 0. The van der Waals surface area contributed by atoms with Crippen LogP contribution in [0, 0.1) is 11.8 Å². The standard InChI is InChI=1S/C14H28N2O2/c1-10(2)7-12(9-15)8-14(17)16-11(3)13-5-4-6-18-13/h10-13H,4-9,15H2,1-3H3,(H,16,17)/t11?,12-,13?/m0/s1. The molecule has 3 N–H and O–H groups in total. The van der Waals surface area contributed by atoms with Gasteiger partial charge in [0, 0.05) is 13.0 Å². The van der Waals surface area contributed by atoms with Crippen molar-refractivity contribution in [2.24, 2.45) is 17.6 Å². The first-order valence-electron chi connectivity index (χ1n) is 7.14. The minimum Gasteiger partial charge on any atom is -0.376 e. The van der Waals surface area contributed by atoms with Gasteiger partial charge in [-0.2, -0.15) is 0 Å². The molecule has 0 aromatic carbocycles. The largest absolute Gasteiger partial charge is 0.376 e. The molecule has 0 aliphatic carbocycles. The molecular formula is C14H28N2O2. The van der Waals surface area contributed by atoms with Crippen LogP contribution in [0.2, 0.25) is 0 Å². The van der Waals surface area contributed by atoms with Gasteiger partial charge in [-0.15, -0.1) is 0 Å². The molecule has 0 bridgehead atoms. The third kappa shape index (κ3) is 5.36. The molecule has 0 aromatic heterocycles. The van der Waals surface area contributed by atoms with E-state index >= 15 is 0 Å². The summed E-state index contributed by atoms with van der Waals surface area (Å²) in [6.07, 6.45) is 3.89. The summed E-state index contributed by atoms with van der Waals surface area (Å²) in [4.78, 5) is 11.9. The van der Waals surface area contributed by atoms with Crippen molar-refractivity contribution in [3.63, 3.8) is 0 Å². The van der Waals surface area contributed by atoms with E-state index < -0.39 is 0 Å². The van der Waals surface area contributed by atoms with Gasteiger partial charge in [-0.05, 0) is 44.6 Å². The van der Waals surface area contributed by atoms with E-state index in [1.165, 1.54) is 0 Å². The lowest BCUT2D eigenvalue weighted by Crippen LogP contribution is -2.41. The van der Waals surface area contributed by atoms with Gasteiger partial charge in [-0.3, -0.25) is 4.79 Å². The van der Waals surface area contributed by atoms with Gasteiger partial charge < -0.3 is 15.8 Å². The maximum Gasteiger partial charge on any atom is 0.220 e. The molecule has 4 nitrogen and oxygen atoms in total. The second kappa shape index (κ2) is 7.74. The molecule has 0 saturated carbocycles. The SMILES string of the molecule is CC(C)C[C@H](CN)CC(=O)NC(C)C1CCCO1. The highest BCUT2D eigenvalue weighted by molar-refractivity contribution is 5.76. The van der Waals surface area contributed by atoms with Crippen LogP contribution in [0.4, 0.5) is 0 Å². The molecule has 1 fully saturated rings. The van der Waals surface area contributed by atoms with Crippen LogP contribution in [0.5, 0.6) is 0 Å². The summed E-state index contributed by atoms with van der Waals surface area (Å²) in [6, 6.07) is 0.109. The van der Waals surface area contributed by atoms with Crippen LogP contribution in [-0.2, 0) is 9.53 Å². The van der Waals surface area contributed by atoms with E-state index in [0.717, 1.165) is 25.9 Å². The first kappa shape index (κ1) is 15.4. The van der Waals surface area contributed by atoms with Crippen molar-refractivity contribution in [2.45, 2.75) is 58.6 Å². The zero-order valence-electron chi connectivity index (χ0n) is 11.9. The molecule has 1 aliphatic rings. The maximum atomic E-state index is 11.9. The molecule has 18 heavy (non-hydrogen) atoms. The van der Waals surface area contributed by atoms with Crippen molar-refractivity contribution in [1.29, 1.82) is 0 Å². The number of hydrogen-bond acceptors (Lipinski definition) is 3. The normalized spacial score (nSPS) is 23.1. The van der Waals surface area contributed by atoms with Crippen molar-refractivity contribution < 1.29 is 9.53 Å². The average molecular weight is 256 g/mol. The molecule has 1 saturated heterocycles. The average Bonchev–Trinajstić information content (AvgIpc) is 2.80. The summed E-state index contributed by atoms with van der Waals surface area (Å²) in [5.74, 6) is 0.984. The predicted molar refractivity (Wildman–Crippen MR) is 73.2 cm³/mol. The molecule has 4 heteroatoms. The van der Waals surface area contributed by atoms with Gasteiger partial charge in [0.05, 0.1) is 12.1 Å². The number of carbonyl (C=O) groups excluding carboxylic acids is 1. The third-order valence-corrected chi connectivity index (χ3v) is 3.52. The molecule has 3 atom stereocenters. The second-order valence-corrected chi connectivity index (χ2v) is 5.84. The van der Waals surface area contributed by atoms with Gasteiger partial charge in [0.15, 0.2) is 0 Å². The monoisotopic (exact) mass is 256 g/mol. The van der Waals surface area contributed by atoms with Crippen molar-refractivity contribution in [3.05, 3.63) is 0 Å². The van der Waals surface area contributed by atoms with Gasteiger partial charge in [-0.1, -0.05) is 13.8 Å². The minimum atomic E-state index is 0.106. The Morgan fingerprint density at radius 3 is 2.67 bits per heavy atom. The Bertz CT molecular complexity index is 244. The second-order valence-electron chi connectivity index (χ2n) is 5.84. The van der Waals surface area contributed by atoms with E-state index in [2.05, 4.69) is 19.2 Å². The zero-order valence-corrected chi connectivity index (χ0v) is 11.9. The number of ether oxygens (including phenoxy) is 1. The highest BCUT2D eigenvalue weighted by atomic mass is 16.5. The van der Waals surface area contributed by atoms with Crippen LogP contribution in [0.15, 0.2) is 0 Å². The Kier molecular flexibility index (Phi) is 6.65. The Morgan fingerprint density at radius 2 is 2.17 bits per heavy atom. The summed E-state index contributed by atoms with van der Waals surface area (Å²) in [7, 11) is 0. The van der Waals surface area contributed by atoms with Gasteiger partial charge in [0.1, 0.15) is 0 Å². The first-order chi connectivity index (χ1) is 8.52. The number of nitrogens with two attached hydrogens (primary N) is 1. The maximum absolute atomic E-state index is 11.9. The zero-order chi connectivity index (χ0) is 13.5. The number of rotatable bonds is 7. The van der Waals surface area contributed by atoms with E-state index in [0.29, 0.717) is 24.8 Å². The smallest absolute Gasteiger partial charge is 0.220 e. The fourth-order valence-corrected chi connectivity index (χ4v) is 2.59. The molecule has 0 radical (unpaired) electrons. The summed E-state index contributed by atoms with van der Waals surface area (Å²) < 4.78 is 5.57. The summed E-state index contributed by atoms with van der Waals surface area (Å²) in [5, 5.41) is 3.04. The fourth-order valence-electron chi connectivity index (χ4n) is 2.59. The van der Waals surface area contributed by atoms with E-state index in [1.807, 2.05) is 6.92 Å². The Balaban J connectivity index is 2.30. The number of hydrogen-bond donors (Lipinski definition) is 2. The highest BCUT2D eigenvalue weighted by Crippen LogP contribution is 2.17. The molecule has 2 unspecified atom stereocenters. The van der Waals surface area contributed by atoms with Crippen molar-refractivity contribution >= 4 is 5.91 Å². The molecular weight excluding hydrogens is 228 g/mol. The molecule has 1 aliphatic heterocycles. The molecule has 0 spiro atoms. The van der Waals surface area contributed by atoms with E-state index in [9.17, 15) is 4.79 Å². The number of carbonyl (C=O) groups is 1. The Morgan fingerprint density at radius 1 is 1.44 bits per heavy atom. The van der Waals surface area contributed by atoms with Gasteiger partial charge >= 0.3 is 0 Å². The van der Waals surface area contributed by atoms with Gasteiger partial charge in [0.2, 0.25) is 5.91 Å². The lowest BCUT2D eigenvalue weighted by molar-refractivity contribution is -0.123. The van der Waals surface area contributed by atoms with Crippen LogP contribution in [0.25, 0.3) is 0 Å². The summed E-state index contributed by atoms with van der Waals surface area (Å²) in [6.45, 7) is 7.75. The van der Waals surface area contributed by atoms with Crippen LogP contribution >= 0.6 is 0 Å². The van der Waals surface area contributed by atoms with E-state index in [-0.39, 0.29) is 18.1 Å². The van der Waals surface area contributed by atoms with Crippen molar-refractivity contribution in [3.8, 4) is 0 Å². The quantitative estimate of drug-likeness (QED) is 0.728. The molecule has 106 valence electrons. The fraction of sp³-hybridized carbons (Fsp3) is 0.929. The molecule has 0 aromatic rings. The number of nitrogens with one attached hydrogen (secondary N) is 1. The van der Waals surface area contributed by atoms with Crippen molar-refractivity contribution in [2.75, 3.05) is 13.2 Å². The lowest BCUT2D eigenvalue weighted by atomic mass is 9.94. The minimum absolute atomic E-state index is 0.106. The third-order valence-electron chi connectivity index (χ3n) is 3.52. The first-order valence-corrected chi connectivity index (χ1v) is 7.14. The van der Waals surface area contributed by atoms with Gasteiger partial charge in [0.25, 0.3) is 0 Å².